The molecular formula is C30H30N4O3. The van der Waals surface area contributed by atoms with Gasteiger partial charge in [0, 0.05) is 31.0 Å². The molecule has 0 amide bonds. The second-order valence-corrected chi connectivity index (χ2v) is 9.40. The summed E-state index contributed by atoms with van der Waals surface area (Å²) in [4.78, 5) is 28.2. The zero-order valence-electron chi connectivity index (χ0n) is 21.6. The van der Waals surface area contributed by atoms with E-state index >= 15 is 0 Å². The minimum Gasteiger partial charge on any atom is -0.507 e. The number of aromatic hydroxyl groups is 1. The molecule has 7 nitrogen and oxygen atoms in total. The maximum absolute atomic E-state index is 14.1. The van der Waals surface area contributed by atoms with Crippen LogP contribution < -0.4 is 11.1 Å². The molecule has 2 heterocycles. The number of para-hydroxylation sites is 3. The van der Waals surface area contributed by atoms with Gasteiger partial charge in [-0.3, -0.25) is 19.0 Å². The Kier molecular flexibility index (Phi) is 5.99. The highest BCUT2D eigenvalue weighted by molar-refractivity contribution is 5.54. The van der Waals surface area contributed by atoms with Crippen molar-refractivity contribution < 1.29 is 5.11 Å². The molecule has 3 aromatic carbocycles. The van der Waals surface area contributed by atoms with Crippen molar-refractivity contribution in [2.24, 2.45) is 14.1 Å². The van der Waals surface area contributed by atoms with Crippen LogP contribution in [0.25, 0.3) is 11.4 Å². The maximum atomic E-state index is 14.1. The van der Waals surface area contributed by atoms with Crippen molar-refractivity contribution >= 4 is 0 Å². The summed E-state index contributed by atoms with van der Waals surface area (Å²) in [6.07, 6.45) is 0. The number of rotatable bonds is 5. The first-order valence-electron chi connectivity index (χ1n) is 12.2. The Balaban J connectivity index is 1.88. The van der Waals surface area contributed by atoms with Crippen LogP contribution in [0.1, 0.15) is 39.6 Å². The van der Waals surface area contributed by atoms with Crippen molar-refractivity contribution in [1.29, 1.82) is 0 Å². The number of hydrogen-bond donors (Lipinski definition) is 1. The summed E-state index contributed by atoms with van der Waals surface area (Å²) in [6, 6.07) is 24.3. The minimum atomic E-state index is -0.771. The van der Waals surface area contributed by atoms with Crippen molar-refractivity contribution in [2.45, 2.75) is 26.7 Å². The lowest BCUT2D eigenvalue weighted by atomic mass is 9.84. The van der Waals surface area contributed by atoms with Crippen LogP contribution in [0.15, 0.2) is 88.5 Å². The van der Waals surface area contributed by atoms with Gasteiger partial charge in [0.15, 0.2) is 0 Å². The van der Waals surface area contributed by atoms with Crippen molar-refractivity contribution in [2.75, 3.05) is 0 Å². The van der Waals surface area contributed by atoms with Crippen LogP contribution in [-0.4, -0.2) is 23.8 Å². The molecule has 0 aliphatic carbocycles. The van der Waals surface area contributed by atoms with Gasteiger partial charge in [0.1, 0.15) is 5.75 Å². The minimum absolute atomic E-state index is 0.0790. The number of nitrogens with zero attached hydrogens (tertiary/aromatic N) is 4. The monoisotopic (exact) mass is 494 g/mol. The Morgan fingerprint density at radius 2 is 1.05 bits per heavy atom. The highest BCUT2D eigenvalue weighted by Gasteiger charge is 2.34. The summed E-state index contributed by atoms with van der Waals surface area (Å²) in [6.45, 7) is 5.57. The Hall–Kier alpha value is -4.52. The lowest BCUT2D eigenvalue weighted by Crippen LogP contribution is -2.26. The molecule has 5 rings (SSSR count). The molecule has 37 heavy (non-hydrogen) atoms. The van der Waals surface area contributed by atoms with Gasteiger partial charge in [-0.25, -0.2) is 9.36 Å². The molecule has 7 heteroatoms. The van der Waals surface area contributed by atoms with Crippen molar-refractivity contribution in [1.82, 2.24) is 18.7 Å². The van der Waals surface area contributed by atoms with Gasteiger partial charge in [-0.05, 0) is 50.6 Å². The highest BCUT2D eigenvalue weighted by Crippen LogP contribution is 2.38. The van der Waals surface area contributed by atoms with E-state index in [4.69, 9.17) is 0 Å². The molecule has 0 fully saturated rings. The predicted octanol–water partition coefficient (Wildman–Crippen LogP) is 4.48. The second-order valence-electron chi connectivity index (χ2n) is 9.40. The average molecular weight is 495 g/mol. The van der Waals surface area contributed by atoms with Crippen LogP contribution in [-0.2, 0) is 14.1 Å². The van der Waals surface area contributed by atoms with Crippen molar-refractivity contribution in [3.63, 3.8) is 0 Å². The molecule has 0 saturated carbocycles. The molecule has 0 radical (unpaired) electrons. The fourth-order valence-electron chi connectivity index (χ4n) is 5.21. The first-order valence-corrected chi connectivity index (χ1v) is 12.2. The summed E-state index contributed by atoms with van der Waals surface area (Å²) in [5, 5.41) is 11.2. The van der Waals surface area contributed by atoms with Crippen LogP contribution in [0.4, 0.5) is 0 Å². The smallest absolute Gasteiger partial charge is 0.275 e. The summed E-state index contributed by atoms with van der Waals surface area (Å²) in [7, 11) is 3.67. The van der Waals surface area contributed by atoms with Crippen LogP contribution in [0, 0.1) is 20.8 Å². The van der Waals surface area contributed by atoms with E-state index in [9.17, 15) is 14.7 Å². The van der Waals surface area contributed by atoms with Crippen molar-refractivity contribution in [3.8, 4) is 17.1 Å². The first-order chi connectivity index (χ1) is 17.7. The number of aromatic nitrogens is 4. The van der Waals surface area contributed by atoms with E-state index in [-0.39, 0.29) is 16.9 Å². The average Bonchev–Trinajstić information content (AvgIpc) is 3.26. The van der Waals surface area contributed by atoms with Gasteiger partial charge in [0.2, 0.25) is 0 Å². The van der Waals surface area contributed by atoms with Gasteiger partial charge in [-0.1, -0.05) is 54.6 Å². The summed E-state index contributed by atoms with van der Waals surface area (Å²) in [5.74, 6) is -0.692. The van der Waals surface area contributed by atoms with E-state index in [2.05, 4.69) is 0 Å². The second kappa shape index (κ2) is 9.17. The third-order valence-electron chi connectivity index (χ3n) is 7.35. The lowest BCUT2D eigenvalue weighted by molar-refractivity contribution is 0.462. The quantitative estimate of drug-likeness (QED) is 0.392. The highest BCUT2D eigenvalue weighted by atomic mass is 16.3. The van der Waals surface area contributed by atoms with Gasteiger partial charge in [0.25, 0.3) is 11.1 Å². The fourth-order valence-corrected chi connectivity index (χ4v) is 5.21. The SMILES string of the molecule is Cc1cccc(C(c2c(C)n(C)n(-c3ccccc3)c2=O)c2c(C)n(C)n(-c3ccccc3)c2=O)c1O. The molecule has 0 saturated heterocycles. The molecule has 1 N–H and O–H groups in total. The van der Waals surface area contributed by atoms with Gasteiger partial charge in [0.05, 0.1) is 28.4 Å². The van der Waals surface area contributed by atoms with Gasteiger partial charge < -0.3 is 5.11 Å². The van der Waals surface area contributed by atoms with Crippen molar-refractivity contribution in [3.05, 3.63) is 133 Å². The molecule has 5 aromatic rings. The van der Waals surface area contributed by atoms with E-state index in [1.165, 1.54) is 0 Å². The third kappa shape index (κ3) is 3.74. The third-order valence-corrected chi connectivity index (χ3v) is 7.35. The van der Waals surface area contributed by atoms with Crippen LogP contribution in [0.3, 0.4) is 0 Å². The summed E-state index contributed by atoms with van der Waals surface area (Å²) >= 11 is 0. The van der Waals surface area contributed by atoms with E-state index in [1.54, 1.807) is 24.8 Å². The van der Waals surface area contributed by atoms with E-state index in [0.29, 0.717) is 33.6 Å². The van der Waals surface area contributed by atoms with Crippen LogP contribution in [0.2, 0.25) is 0 Å². The summed E-state index contributed by atoms with van der Waals surface area (Å²) < 4.78 is 6.83. The Bertz CT molecular complexity index is 1620. The lowest BCUT2D eigenvalue weighted by Gasteiger charge is -2.18. The topological polar surface area (TPSA) is 74.1 Å². The zero-order chi connectivity index (χ0) is 26.4. The van der Waals surface area contributed by atoms with Crippen LogP contribution in [0.5, 0.6) is 5.75 Å². The number of phenolic OH excluding ortho intramolecular Hbond substituents is 1. The first kappa shape index (κ1) is 24.2. The Morgan fingerprint density at radius 1 is 0.622 bits per heavy atom. The molecule has 0 bridgehead atoms. The molecule has 188 valence electrons. The number of phenols is 1. The van der Waals surface area contributed by atoms with E-state index in [1.807, 2.05) is 108 Å². The zero-order valence-corrected chi connectivity index (χ0v) is 21.6. The van der Waals surface area contributed by atoms with E-state index < -0.39 is 5.92 Å². The van der Waals surface area contributed by atoms with Gasteiger partial charge in [-0.2, -0.15) is 0 Å². The maximum Gasteiger partial charge on any atom is 0.275 e. The number of aryl methyl sites for hydroxylation is 1. The normalized spacial score (nSPS) is 11.4. The number of benzene rings is 3. The molecule has 0 aliphatic heterocycles. The molecule has 0 spiro atoms. The molecular weight excluding hydrogens is 464 g/mol. The standard InChI is InChI=1S/C30H30N4O3/c1-19-13-12-18-24(28(19)35)27(25-20(2)31(4)33(29(25)36)22-14-8-6-9-15-22)26-21(3)32(5)34(30(26)37)23-16-10-7-11-17-23/h6-18,27,35H,1-5H3. The molecule has 2 aromatic heterocycles. The largest absolute Gasteiger partial charge is 0.507 e. The van der Waals surface area contributed by atoms with Gasteiger partial charge in [-0.15, -0.1) is 0 Å². The number of hydrogen-bond acceptors (Lipinski definition) is 3. The fraction of sp³-hybridized carbons (Fsp3) is 0.200. The Morgan fingerprint density at radius 3 is 1.49 bits per heavy atom. The molecule has 0 atom stereocenters. The van der Waals surface area contributed by atoms with E-state index in [0.717, 1.165) is 11.4 Å². The molecule has 0 aliphatic rings. The predicted molar refractivity (Wildman–Crippen MR) is 145 cm³/mol. The van der Waals surface area contributed by atoms with Crippen LogP contribution >= 0.6 is 0 Å². The molecule has 0 unspecified atom stereocenters. The van der Waals surface area contributed by atoms with Gasteiger partial charge >= 0.3 is 0 Å². The summed E-state index contributed by atoms with van der Waals surface area (Å²) in [5.41, 5.74) is 4.54. The Labute approximate surface area is 215 Å².